The molecule has 5 nitrogen and oxygen atoms in total. The van der Waals surface area contributed by atoms with Crippen LogP contribution in [0.4, 0.5) is 0 Å². The molecular formula is C13H14N2O3S. The van der Waals surface area contributed by atoms with Crippen molar-refractivity contribution in [3.63, 3.8) is 0 Å². The highest BCUT2D eigenvalue weighted by Crippen LogP contribution is 2.17. The fourth-order valence-corrected chi connectivity index (χ4v) is 1.97. The molecule has 2 aromatic rings. The van der Waals surface area contributed by atoms with E-state index in [0.717, 1.165) is 5.56 Å². The van der Waals surface area contributed by atoms with E-state index in [1.165, 1.54) is 6.07 Å². The van der Waals surface area contributed by atoms with Gasteiger partial charge in [0.25, 0.3) is 5.56 Å². The van der Waals surface area contributed by atoms with Crippen LogP contribution in [0, 0.1) is 4.77 Å². The van der Waals surface area contributed by atoms with E-state index in [2.05, 4.69) is 4.98 Å². The Kier molecular flexibility index (Phi) is 4.62. The first kappa shape index (κ1) is 13.7. The summed E-state index contributed by atoms with van der Waals surface area (Å²) in [6, 6.07) is 10.9. The molecule has 0 saturated heterocycles. The number of ether oxygens (including phenoxy) is 1. The van der Waals surface area contributed by atoms with Crippen molar-refractivity contribution in [1.29, 1.82) is 0 Å². The van der Waals surface area contributed by atoms with Crippen molar-refractivity contribution in [3.05, 3.63) is 51.5 Å². The van der Waals surface area contributed by atoms with Crippen LogP contribution in [-0.4, -0.2) is 27.9 Å². The molecule has 0 radical (unpaired) electrons. The zero-order valence-electron chi connectivity index (χ0n) is 10.2. The van der Waals surface area contributed by atoms with Gasteiger partial charge in [-0.2, -0.15) is 0 Å². The monoisotopic (exact) mass is 278 g/mol. The lowest BCUT2D eigenvalue weighted by molar-refractivity contribution is 0.0475. The third-order valence-corrected chi connectivity index (χ3v) is 2.88. The second-order valence-electron chi connectivity index (χ2n) is 3.88. The van der Waals surface area contributed by atoms with Crippen LogP contribution in [0.1, 0.15) is 0 Å². The zero-order valence-corrected chi connectivity index (χ0v) is 11.0. The van der Waals surface area contributed by atoms with Gasteiger partial charge in [0.2, 0.25) is 0 Å². The van der Waals surface area contributed by atoms with Crippen LogP contribution in [0.15, 0.2) is 41.2 Å². The van der Waals surface area contributed by atoms with Crippen LogP contribution < -0.4 is 5.56 Å². The first-order valence-corrected chi connectivity index (χ1v) is 6.21. The quantitative estimate of drug-likeness (QED) is 0.643. The summed E-state index contributed by atoms with van der Waals surface area (Å²) in [6.45, 7) is 0.340. The Hall–Kier alpha value is -1.76. The number of hydrogen-bond donors (Lipinski definition) is 2. The van der Waals surface area contributed by atoms with E-state index in [1.54, 1.807) is 4.57 Å². The molecule has 0 amide bonds. The summed E-state index contributed by atoms with van der Waals surface area (Å²) in [7, 11) is 0. The van der Waals surface area contributed by atoms with Gasteiger partial charge in [0.15, 0.2) is 4.77 Å². The minimum Gasteiger partial charge on any atom is -0.394 e. The van der Waals surface area contributed by atoms with Crippen LogP contribution in [0.2, 0.25) is 0 Å². The van der Waals surface area contributed by atoms with Crippen LogP contribution in [0.3, 0.4) is 0 Å². The van der Waals surface area contributed by atoms with E-state index in [9.17, 15) is 4.79 Å². The van der Waals surface area contributed by atoms with Gasteiger partial charge in [0.05, 0.1) is 18.9 Å². The number of aromatic nitrogens is 2. The van der Waals surface area contributed by atoms with Gasteiger partial charge < -0.3 is 9.84 Å². The van der Waals surface area contributed by atoms with Crippen LogP contribution in [-0.2, 0) is 11.5 Å². The number of nitrogens with one attached hydrogen (secondary N) is 1. The molecule has 0 atom stereocenters. The van der Waals surface area contributed by atoms with Gasteiger partial charge in [-0.1, -0.05) is 30.3 Å². The van der Waals surface area contributed by atoms with Crippen molar-refractivity contribution >= 4 is 12.2 Å². The maximum Gasteiger partial charge on any atom is 0.252 e. The molecule has 0 aliphatic carbocycles. The fourth-order valence-electron chi connectivity index (χ4n) is 1.72. The summed E-state index contributed by atoms with van der Waals surface area (Å²) in [5.74, 6) is 0. The van der Waals surface area contributed by atoms with Gasteiger partial charge in [-0.05, 0) is 17.8 Å². The molecule has 6 heteroatoms. The Morgan fingerprint density at radius 3 is 2.74 bits per heavy atom. The van der Waals surface area contributed by atoms with Crippen LogP contribution in [0.5, 0.6) is 0 Å². The van der Waals surface area contributed by atoms with Crippen molar-refractivity contribution in [2.45, 2.75) is 6.73 Å². The molecule has 0 fully saturated rings. The molecule has 0 aliphatic rings. The second-order valence-corrected chi connectivity index (χ2v) is 4.27. The number of H-pyrrole nitrogens is 1. The van der Waals surface area contributed by atoms with Crippen molar-refractivity contribution < 1.29 is 9.84 Å². The lowest BCUT2D eigenvalue weighted by Crippen LogP contribution is -2.17. The molecule has 100 valence electrons. The van der Waals surface area contributed by atoms with Gasteiger partial charge in [-0.3, -0.25) is 14.3 Å². The first-order valence-electron chi connectivity index (χ1n) is 5.80. The Bertz CT molecular complexity index is 649. The molecule has 1 aromatic carbocycles. The maximum atomic E-state index is 11.6. The predicted octanol–water partition coefficient (Wildman–Crippen LogP) is 1.54. The van der Waals surface area contributed by atoms with Crippen molar-refractivity contribution in [1.82, 2.24) is 9.55 Å². The SMILES string of the molecule is O=c1cc(-c2ccccc2)n(COCCO)c(=S)[nH]1. The summed E-state index contributed by atoms with van der Waals surface area (Å²) in [5.41, 5.74) is 1.32. The zero-order chi connectivity index (χ0) is 13.7. The smallest absolute Gasteiger partial charge is 0.252 e. The summed E-state index contributed by atoms with van der Waals surface area (Å²) in [6.07, 6.45) is 0. The standard InChI is InChI=1S/C13H14N2O3S/c16-6-7-18-9-15-11(8-12(17)14-13(15)19)10-4-2-1-3-5-10/h1-5,8,16H,6-7,9H2,(H,14,17,19). The summed E-state index contributed by atoms with van der Waals surface area (Å²) in [4.78, 5) is 14.1. The van der Waals surface area contributed by atoms with E-state index >= 15 is 0 Å². The average Bonchev–Trinajstić information content (AvgIpc) is 2.42. The topological polar surface area (TPSA) is 67.2 Å². The maximum absolute atomic E-state index is 11.6. The van der Waals surface area contributed by atoms with E-state index in [0.29, 0.717) is 10.5 Å². The molecule has 0 spiro atoms. The molecule has 2 rings (SSSR count). The minimum atomic E-state index is -0.248. The molecule has 0 aliphatic heterocycles. The highest BCUT2D eigenvalue weighted by atomic mass is 32.1. The summed E-state index contributed by atoms with van der Waals surface area (Å²) < 4.78 is 7.25. The van der Waals surface area contributed by atoms with Crippen molar-refractivity contribution in [2.24, 2.45) is 0 Å². The van der Waals surface area contributed by atoms with Crippen molar-refractivity contribution in [3.8, 4) is 11.3 Å². The second kappa shape index (κ2) is 6.42. The van der Waals surface area contributed by atoms with Crippen LogP contribution in [0.25, 0.3) is 11.3 Å². The third-order valence-electron chi connectivity index (χ3n) is 2.56. The number of aliphatic hydroxyl groups is 1. The number of benzene rings is 1. The molecule has 0 bridgehead atoms. The highest BCUT2D eigenvalue weighted by Gasteiger charge is 2.06. The molecular weight excluding hydrogens is 264 g/mol. The van der Waals surface area contributed by atoms with E-state index < -0.39 is 0 Å². The van der Waals surface area contributed by atoms with E-state index in [4.69, 9.17) is 22.1 Å². The number of aliphatic hydroxyl groups excluding tert-OH is 1. The summed E-state index contributed by atoms with van der Waals surface area (Å²) in [5, 5.41) is 8.73. The van der Waals surface area contributed by atoms with Gasteiger partial charge in [-0.15, -0.1) is 0 Å². The lowest BCUT2D eigenvalue weighted by atomic mass is 10.1. The molecule has 19 heavy (non-hydrogen) atoms. The van der Waals surface area contributed by atoms with Gasteiger partial charge in [0.1, 0.15) is 6.73 Å². The number of hydrogen-bond acceptors (Lipinski definition) is 4. The van der Waals surface area contributed by atoms with Gasteiger partial charge in [-0.25, -0.2) is 0 Å². The normalized spacial score (nSPS) is 10.6. The Labute approximate surface area is 115 Å². The molecule has 0 unspecified atom stereocenters. The molecule has 2 N–H and O–H groups in total. The molecule has 1 heterocycles. The molecule has 0 saturated carbocycles. The fraction of sp³-hybridized carbons (Fsp3) is 0.231. The Balaban J connectivity index is 2.46. The highest BCUT2D eigenvalue weighted by molar-refractivity contribution is 7.71. The summed E-state index contributed by atoms with van der Waals surface area (Å²) >= 11 is 5.14. The molecule has 1 aromatic heterocycles. The number of nitrogens with zero attached hydrogens (tertiary/aromatic N) is 1. The Morgan fingerprint density at radius 1 is 1.32 bits per heavy atom. The predicted molar refractivity (Wildman–Crippen MR) is 74.4 cm³/mol. The third kappa shape index (κ3) is 3.37. The largest absolute Gasteiger partial charge is 0.394 e. The van der Waals surface area contributed by atoms with Gasteiger partial charge in [0, 0.05) is 6.07 Å². The van der Waals surface area contributed by atoms with Crippen LogP contribution >= 0.6 is 12.2 Å². The lowest BCUT2D eigenvalue weighted by Gasteiger charge is -2.13. The number of rotatable bonds is 5. The van der Waals surface area contributed by atoms with Crippen molar-refractivity contribution in [2.75, 3.05) is 13.2 Å². The first-order chi connectivity index (χ1) is 9.22. The van der Waals surface area contributed by atoms with E-state index in [-0.39, 0.29) is 25.5 Å². The van der Waals surface area contributed by atoms with E-state index in [1.807, 2.05) is 30.3 Å². The van der Waals surface area contributed by atoms with Gasteiger partial charge >= 0.3 is 0 Å². The Morgan fingerprint density at radius 2 is 2.05 bits per heavy atom. The minimum absolute atomic E-state index is 0.0582. The average molecular weight is 278 g/mol. The number of aromatic amines is 1.